The molecule has 1 unspecified atom stereocenters. The van der Waals surface area contributed by atoms with E-state index in [1.807, 2.05) is 38.2 Å². The molecule has 1 N–H and O–H groups in total. The summed E-state index contributed by atoms with van der Waals surface area (Å²) >= 11 is 0. The van der Waals surface area contributed by atoms with Crippen LogP contribution in [0.2, 0.25) is 0 Å². The molecule has 0 spiro atoms. The number of ether oxygens (including phenoxy) is 2. The third-order valence-electron chi connectivity index (χ3n) is 3.49. The molecule has 19 heavy (non-hydrogen) atoms. The fourth-order valence-electron chi connectivity index (χ4n) is 1.90. The van der Waals surface area contributed by atoms with Crippen molar-refractivity contribution in [2.45, 2.75) is 31.7 Å². The van der Waals surface area contributed by atoms with Crippen molar-refractivity contribution in [1.29, 1.82) is 0 Å². The van der Waals surface area contributed by atoms with Crippen molar-refractivity contribution in [3.8, 4) is 5.75 Å². The summed E-state index contributed by atoms with van der Waals surface area (Å²) in [7, 11) is 4.95. The predicted octanol–water partition coefficient (Wildman–Crippen LogP) is 2.17. The minimum absolute atomic E-state index is 0.188. The SMILES string of the molecule is CNC(C)(CCc1ccc(OC)cc1)CC(=O)OC. The lowest BCUT2D eigenvalue weighted by Gasteiger charge is -2.28. The number of carbonyl (C=O) groups excluding carboxylic acids is 1. The number of nitrogens with one attached hydrogen (secondary N) is 1. The molecule has 0 fully saturated rings. The van der Waals surface area contributed by atoms with Crippen LogP contribution in [0.3, 0.4) is 0 Å². The number of methoxy groups -OCH3 is 2. The second-order valence-electron chi connectivity index (χ2n) is 4.91. The highest BCUT2D eigenvalue weighted by Gasteiger charge is 2.25. The van der Waals surface area contributed by atoms with Crippen LogP contribution in [-0.4, -0.2) is 32.8 Å². The molecule has 0 aromatic heterocycles. The van der Waals surface area contributed by atoms with Gasteiger partial charge in [0.1, 0.15) is 5.75 Å². The van der Waals surface area contributed by atoms with Gasteiger partial charge in [-0.3, -0.25) is 4.79 Å². The summed E-state index contributed by atoms with van der Waals surface area (Å²) in [6, 6.07) is 8.00. The van der Waals surface area contributed by atoms with Crippen LogP contribution in [0.4, 0.5) is 0 Å². The van der Waals surface area contributed by atoms with E-state index in [0.29, 0.717) is 6.42 Å². The fourth-order valence-corrected chi connectivity index (χ4v) is 1.90. The third kappa shape index (κ3) is 4.91. The Morgan fingerprint density at radius 1 is 1.26 bits per heavy atom. The Kier molecular flexibility index (Phi) is 5.83. The molecule has 4 heteroatoms. The van der Waals surface area contributed by atoms with Gasteiger partial charge in [-0.05, 0) is 44.5 Å². The van der Waals surface area contributed by atoms with Crippen LogP contribution in [0.5, 0.6) is 5.75 Å². The molecular weight excluding hydrogens is 242 g/mol. The molecule has 0 saturated carbocycles. The predicted molar refractivity (Wildman–Crippen MR) is 75.4 cm³/mol. The van der Waals surface area contributed by atoms with E-state index in [4.69, 9.17) is 9.47 Å². The van der Waals surface area contributed by atoms with E-state index >= 15 is 0 Å². The number of benzene rings is 1. The van der Waals surface area contributed by atoms with Crippen molar-refractivity contribution in [2.75, 3.05) is 21.3 Å². The molecular formula is C15H23NO3. The van der Waals surface area contributed by atoms with E-state index < -0.39 is 0 Å². The van der Waals surface area contributed by atoms with E-state index in [-0.39, 0.29) is 11.5 Å². The van der Waals surface area contributed by atoms with E-state index in [9.17, 15) is 4.79 Å². The Hall–Kier alpha value is -1.55. The largest absolute Gasteiger partial charge is 0.497 e. The molecule has 1 aromatic carbocycles. The van der Waals surface area contributed by atoms with Crippen molar-refractivity contribution in [2.24, 2.45) is 0 Å². The Morgan fingerprint density at radius 3 is 2.37 bits per heavy atom. The smallest absolute Gasteiger partial charge is 0.307 e. The standard InChI is InChI=1S/C15H23NO3/c1-15(16-2,11-14(17)19-4)10-9-12-5-7-13(18-3)8-6-12/h5-8,16H,9-11H2,1-4H3. The van der Waals surface area contributed by atoms with Crippen LogP contribution in [0.25, 0.3) is 0 Å². The second-order valence-corrected chi connectivity index (χ2v) is 4.91. The van der Waals surface area contributed by atoms with Crippen LogP contribution in [0.15, 0.2) is 24.3 Å². The minimum atomic E-state index is -0.243. The highest BCUT2D eigenvalue weighted by Crippen LogP contribution is 2.20. The number of hydrogen-bond donors (Lipinski definition) is 1. The van der Waals surface area contributed by atoms with E-state index in [0.717, 1.165) is 18.6 Å². The molecule has 0 radical (unpaired) electrons. The quantitative estimate of drug-likeness (QED) is 0.768. The molecule has 4 nitrogen and oxygen atoms in total. The van der Waals surface area contributed by atoms with Gasteiger partial charge in [0.25, 0.3) is 0 Å². The van der Waals surface area contributed by atoms with Gasteiger partial charge < -0.3 is 14.8 Å². The van der Waals surface area contributed by atoms with Gasteiger partial charge in [-0.25, -0.2) is 0 Å². The lowest BCUT2D eigenvalue weighted by molar-refractivity contribution is -0.142. The topological polar surface area (TPSA) is 47.6 Å². The van der Waals surface area contributed by atoms with Gasteiger partial charge in [0.2, 0.25) is 0 Å². The van der Waals surface area contributed by atoms with Crippen molar-refractivity contribution in [1.82, 2.24) is 5.32 Å². The van der Waals surface area contributed by atoms with Crippen LogP contribution in [-0.2, 0) is 16.0 Å². The van der Waals surface area contributed by atoms with Crippen molar-refractivity contribution >= 4 is 5.97 Å². The van der Waals surface area contributed by atoms with Crippen molar-refractivity contribution < 1.29 is 14.3 Å². The average molecular weight is 265 g/mol. The molecule has 0 bridgehead atoms. The van der Waals surface area contributed by atoms with Crippen molar-refractivity contribution in [3.63, 3.8) is 0 Å². The maximum absolute atomic E-state index is 11.4. The summed E-state index contributed by atoms with van der Waals surface area (Å²) in [5.74, 6) is 0.668. The summed E-state index contributed by atoms with van der Waals surface area (Å²) < 4.78 is 9.86. The molecule has 0 saturated heterocycles. The summed E-state index contributed by atoms with van der Waals surface area (Å²) in [5, 5.41) is 3.21. The number of hydrogen-bond acceptors (Lipinski definition) is 4. The van der Waals surface area contributed by atoms with Crippen LogP contribution in [0.1, 0.15) is 25.3 Å². The summed E-state index contributed by atoms with van der Waals surface area (Å²) in [6.07, 6.45) is 2.14. The third-order valence-corrected chi connectivity index (χ3v) is 3.49. The van der Waals surface area contributed by atoms with Gasteiger partial charge in [-0.1, -0.05) is 12.1 Å². The number of esters is 1. The van der Waals surface area contributed by atoms with Gasteiger partial charge in [0.15, 0.2) is 0 Å². The Bertz CT molecular complexity index is 402. The zero-order chi connectivity index (χ0) is 14.3. The molecule has 0 heterocycles. The van der Waals surface area contributed by atoms with Gasteiger partial charge in [0.05, 0.1) is 20.6 Å². The molecule has 0 aliphatic rings. The molecule has 1 aromatic rings. The monoisotopic (exact) mass is 265 g/mol. The lowest BCUT2D eigenvalue weighted by Crippen LogP contribution is -2.42. The molecule has 1 atom stereocenters. The molecule has 0 amide bonds. The minimum Gasteiger partial charge on any atom is -0.497 e. The Balaban J connectivity index is 2.58. The normalized spacial score (nSPS) is 13.7. The van der Waals surface area contributed by atoms with Gasteiger partial charge >= 0.3 is 5.97 Å². The van der Waals surface area contributed by atoms with Gasteiger partial charge in [0, 0.05) is 5.54 Å². The van der Waals surface area contributed by atoms with E-state index in [2.05, 4.69) is 5.32 Å². The highest BCUT2D eigenvalue weighted by atomic mass is 16.5. The van der Waals surface area contributed by atoms with Gasteiger partial charge in [-0.2, -0.15) is 0 Å². The molecule has 0 aliphatic carbocycles. The van der Waals surface area contributed by atoms with Crippen LogP contribution >= 0.6 is 0 Å². The van der Waals surface area contributed by atoms with E-state index in [1.54, 1.807) is 7.11 Å². The fraction of sp³-hybridized carbons (Fsp3) is 0.533. The zero-order valence-electron chi connectivity index (χ0n) is 12.2. The summed E-state index contributed by atoms with van der Waals surface area (Å²) in [4.78, 5) is 11.4. The highest BCUT2D eigenvalue weighted by molar-refractivity contribution is 5.70. The number of rotatable bonds is 7. The lowest BCUT2D eigenvalue weighted by atomic mass is 9.90. The van der Waals surface area contributed by atoms with Crippen LogP contribution < -0.4 is 10.1 Å². The average Bonchev–Trinajstić information content (AvgIpc) is 2.45. The summed E-state index contributed by atoms with van der Waals surface area (Å²) in [5.41, 5.74) is 0.986. The Labute approximate surface area is 115 Å². The van der Waals surface area contributed by atoms with Gasteiger partial charge in [-0.15, -0.1) is 0 Å². The second kappa shape index (κ2) is 7.14. The molecule has 1 rings (SSSR count). The first-order valence-electron chi connectivity index (χ1n) is 6.41. The van der Waals surface area contributed by atoms with Crippen molar-refractivity contribution in [3.05, 3.63) is 29.8 Å². The first-order chi connectivity index (χ1) is 9.03. The first kappa shape index (κ1) is 15.5. The maximum Gasteiger partial charge on any atom is 0.307 e. The first-order valence-corrected chi connectivity index (χ1v) is 6.41. The molecule has 0 aliphatic heterocycles. The Morgan fingerprint density at radius 2 is 1.89 bits per heavy atom. The number of carbonyl (C=O) groups is 1. The number of aryl methyl sites for hydroxylation is 1. The summed E-state index contributed by atoms with van der Waals surface area (Å²) in [6.45, 7) is 2.04. The van der Waals surface area contributed by atoms with E-state index in [1.165, 1.54) is 12.7 Å². The zero-order valence-corrected chi connectivity index (χ0v) is 12.2. The molecule has 106 valence electrons. The van der Waals surface area contributed by atoms with Crippen LogP contribution in [0, 0.1) is 0 Å². The maximum atomic E-state index is 11.4.